The number of hydrogen-bond acceptors (Lipinski definition) is 5. The summed E-state index contributed by atoms with van der Waals surface area (Å²) in [5.74, 6) is -0.253. The van der Waals surface area contributed by atoms with E-state index >= 15 is 0 Å². The zero-order chi connectivity index (χ0) is 13.7. The van der Waals surface area contributed by atoms with Crippen LogP contribution in [0.5, 0.6) is 0 Å². The molecule has 0 spiro atoms. The van der Waals surface area contributed by atoms with E-state index in [4.69, 9.17) is 4.74 Å². The molecule has 0 saturated heterocycles. The Hall–Kier alpha value is -0.650. The first kappa shape index (κ1) is 16.4. The summed E-state index contributed by atoms with van der Waals surface area (Å²) in [5.41, 5.74) is -1.39. The van der Waals surface area contributed by atoms with Gasteiger partial charge in [0, 0.05) is 19.6 Å². The van der Waals surface area contributed by atoms with Crippen molar-refractivity contribution in [3.05, 3.63) is 0 Å². The number of hydrogen-bond donors (Lipinski definition) is 2. The van der Waals surface area contributed by atoms with Crippen LogP contribution in [0.1, 0.15) is 20.8 Å². The van der Waals surface area contributed by atoms with Crippen LogP contribution in [0.15, 0.2) is 0 Å². The highest BCUT2D eigenvalue weighted by Crippen LogP contribution is 2.15. The van der Waals surface area contributed by atoms with Crippen LogP contribution >= 0.6 is 0 Å². The number of nitrogens with one attached hydrogen (secondary N) is 1. The fourth-order valence-corrected chi connectivity index (χ4v) is 1.73. The molecule has 0 aromatic carbocycles. The summed E-state index contributed by atoms with van der Waals surface area (Å²) in [6, 6.07) is 0. The van der Waals surface area contributed by atoms with Crippen molar-refractivity contribution < 1.29 is 14.6 Å². The Morgan fingerprint density at radius 1 is 1.29 bits per heavy atom. The fraction of sp³-hybridized carbons (Fsp3) is 0.917. The first-order chi connectivity index (χ1) is 7.60. The first-order valence-corrected chi connectivity index (χ1v) is 5.77. The van der Waals surface area contributed by atoms with Crippen LogP contribution in [0, 0.1) is 5.41 Å². The molecule has 0 radical (unpaired) electrons. The molecule has 0 amide bonds. The van der Waals surface area contributed by atoms with Crippen LogP contribution < -0.4 is 5.32 Å². The zero-order valence-electron chi connectivity index (χ0n) is 11.8. The van der Waals surface area contributed by atoms with E-state index in [1.165, 1.54) is 7.11 Å². The second kappa shape index (κ2) is 6.33. The van der Waals surface area contributed by atoms with Crippen molar-refractivity contribution in [3.63, 3.8) is 0 Å². The molecule has 102 valence electrons. The Morgan fingerprint density at radius 2 is 1.82 bits per heavy atom. The van der Waals surface area contributed by atoms with Gasteiger partial charge in [0.25, 0.3) is 0 Å². The Morgan fingerprint density at radius 3 is 2.24 bits per heavy atom. The summed E-state index contributed by atoms with van der Waals surface area (Å²) < 4.78 is 4.71. The van der Waals surface area contributed by atoms with E-state index in [1.807, 2.05) is 32.8 Å². The minimum absolute atomic E-state index is 0.253. The van der Waals surface area contributed by atoms with Crippen LogP contribution in [-0.2, 0) is 9.53 Å². The molecule has 1 unspecified atom stereocenters. The topological polar surface area (TPSA) is 61.8 Å². The number of likely N-dealkylation sites (N-methyl/N-ethyl adjacent to an activating group) is 1. The third-order valence-electron chi connectivity index (χ3n) is 2.47. The lowest BCUT2D eigenvalue weighted by molar-refractivity contribution is -0.150. The number of nitrogens with zero attached hydrogens (tertiary/aromatic N) is 1. The Kier molecular flexibility index (Phi) is 6.09. The minimum atomic E-state index is -0.810. The van der Waals surface area contributed by atoms with Crippen molar-refractivity contribution in [2.45, 2.75) is 26.4 Å². The molecule has 5 nitrogen and oxygen atoms in total. The maximum Gasteiger partial charge on any atom is 0.312 e. The molecule has 0 aromatic heterocycles. The van der Waals surface area contributed by atoms with E-state index in [0.29, 0.717) is 19.6 Å². The Balaban J connectivity index is 4.10. The Labute approximate surface area is 104 Å². The molecular formula is C12H26N2O3. The Bertz CT molecular complexity index is 250. The lowest BCUT2D eigenvalue weighted by atomic mass is 9.93. The van der Waals surface area contributed by atoms with Gasteiger partial charge in [-0.05, 0) is 34.9 Å². The van der Waals surface area contributed by atoms with Gasteiger partial charge in [-0.2, -0.15) is 0 Å². The van der Waals surface area contributed by atoms with E-state index in [0.717, 1.165) is 0 Å². The summed E-state index contributed by atoms with van der Waals surface area (Å²) in [4.78, 5) is 13.4. The number of aliphatic hydroxyl groups is 1. The molecule has 0 aromatic rings. The van der Waals surface area contributed by atoms with Crippen LogP contribution in [0.3, 0.4) is 0 Å². The van der Waals surface area contributed by atoms with Gasteiger partial charge in [0.15, 0.2) is 0 Å². The molecule has 0 bridgehead atoms. The number of methoxy groups -OCH3 is 1. The van der Waals surface area contributed by atoms with Crippen LogP contribution in [-0.4, -0.2) is 62.4 Å². The van der Waals surface area contributed by atoms with Crippen molar-refractivity contribution >= 4 is 5.97 Å². The fourth-order valence-electron chi connectivity index (χ4n) is 1.73. The molecule has 0 aliphatic carbocycles. The standard InChI is InChI=1S/C12H26N2O3/c1-11(2,10(15)17-6)7-13-8-12(3,16)9-14(4)5/h13,16H,7-9H2,1-6H3. The van der Waals surface area contributed by atoms with Gasteiger partial charge < -0.3 is 20.1 Å². The van der Waals surface area contributed by atoms with E-state index < -0.39 is 11.0 Å². The van der Waals surface area contributed by atoms with Gasteiger partial charge >= 0.3 is 5.97 Å². The average Bonchev–Trinajstić information content (AvgIpc) is 2.13. The number of carbonyl (C=O) groups excluding carboxylic acids is 1. The van der Waals surface area contributed by atoms with Gasteiger partial charge in [0.1, 0.15) is 0 Å². The van der Waals surface area contributed by atoms with Gasteiger partial charge in [-0.1, -0.05) is 0 Å². The largest absolute Gasteiger partial charge is 0.469 e. The monoisotopic (exact) mass is 246 g/mol. The molecular weight excluding hydrogens is 220 g/mol. The molecule has 5 heteroatoms. The van der Waals surface area contributed by atoms with E-state index in [-0.39, 0.29) is 5.97 Å². The molecule has 0 rings (SSSR count). The SMILES string of the molecule is COC(=O)C(C)(C)CNCC(C)(O)CN(C)C. The summed E-state index contributed by atoms with van der Waals surface area (Å²) in [6.07, 6.45) is 0. The lowest BCUT2D eigenvalue weighted by Crippen LogP contribution is -2.48. The molecule has 0 aliphatic rings. The van der Waals surface area contributed by atoms with Crippen molar-refractivity contribution in [1.29, 1.82) is 0 Å². The second-order valence-corrected chi connectivity index (χ2v) is 5.71. The van der Waals surface area contributed by atoms with E-state index in [9.17, 15) is 9.90 Å². The second-order valence-electron chi connectivity index (χ2n) is 5.71. The lowest BCUT2D eigenvalue weighted by Gasteiger charge is -2.29. The van der Waals surface area contributed by atoms with Gasteiger partial charge in [-0.15, -0.1) is 0 Å². The predicted molar refractivity (Wildman–Crippen MR) is 67.8 cm³/mol. The van der Waals surface area contributed by atoms with Gasteiger partial charge in [0.05, 0.1) is 18.1 Å². The van der Waals surface area contributed by atoms with Gasteiger partial charge in [-0.25, -0.2) is 0 Å². The summed E-state index contributed by atoms with van der Waals surface area (Å²) >= 11 is 0. The van der Waals surface area contributed by atoms with Crippen molar-refractivity contribution in [2.75, 3.05) is 40.8 Å². The quantitative estimate of drug-likeness (QED) is 0.623. The van der Waals surface area contributed by atoms with Crippen LogP contribution in [0.4, 0.5) is 0 Å². The van der Waals surface area contributed by atoms with E-state index in [1.54, 1.807) is 6.92 Å². The highest BCUT2D eigenvalue weighted by Gasteiger charge is 2.29. The van der Waals surface area contributed by atoms with Gasteiger partial charge in [0.2, 0.25) is 0 Å². The predicted octanol–water partition coefficient (Wildman–Crippen LogP) is 0.0878. The molecule has 17 heavy (non-hydrogen) atoms. The normalized spacial score (nSPS) is 15.8. The number of carbonyl (C=O) groups is 1. The molecule has 0 saturated carbocycles. The van der Waals surface area contributed by atoms with Gasteiger partial charge in [-0.3, -0.25) is 4.79 Å². The maximum atomic E-state index is 11.4. The highest BCUT2D eigenvalue weighted by atomic mass is 16.5. The van der Waals surface area contributed by atoms with Crippen molar-refractivity contribution in [3.8, 4) is 0 Å². The van der Waals surface area contributed by atoms with Crippen molar-refractivity contribution in [1.82, 2.24) is 10.2 Å². The number of ether oxygens (including phenoxy) is 1. The molecule has 0 aliphatic heterocycles. The third kappa shape index (κ3) is 6.61. The number of esters is 1. The first-order valence-electron chi connectivity index (χ1n) is 5.77. The smallest absolute Gasteiger partial charge is 0.312 e. The minimum Gasteiger partial charge on any atom is -0.469 e. The molecule has 1 atom stereocenters. The molecule has 0 heterocycles. The summed E-state index contributed by atoms with van der Waals surface area (Å²) in [5, 5.41) is 13.2. The molecule has 0 fully saturated rings. The molecule has 2 N–H and O–H groups in total. The zero-order valence-corrected chi connectivity index (χ0v) is 11.8. The summed E-state index contributed by atoms with van der Waals surface area (Å²) in [6.45, 7) is 6.87. The number of rotatable bonds is 7. The maximum absolute atomic E-state index is 11.4. The highest BCUT2D eigenvalue weighted by molar-refractivity contribution is 5.76. The summed E-state index contributed by atoms with van der Waals surface area (Å²) in [7, 11) is 5.20. The third-order valence-corrected chi connectivity index (χ3v) is 2.47. The average molecular weight is 246 g/mol. The van der Waals surface area contributed by atoms with Crippen LogP contribution in [0.25, 0.3) is 0 Å². The van der Waals surface area contributed by atoms with Crippen LogP contribution in [0.2, 0.25) is 0 Å². The van der Waals surface area contributed by atoms with Crippen molar-refractivity contribution in [2.24, 2.45) is 5.41 Å². The van der Waals surface area contributed by atoms with E-state index in [2.05, 4.69) is 5.32 Å².